The van der Waals surface area contributed by atoms with Crippen molar-refractivity contribution in [1.29, 1.82) is 0 Å². The van der Waals surface area contributed by atoms with Gasteiger partial charge in [0.2, 0.25) is 0 Å². The number of hydrogen-bond donors (Lipinski definition) is 0. The molecule has 0 heterocycles. The minimum Gasteiger partial charge on any atom is -0.770 e. The summed E-state index contributed by atoms with van der Waals surface area (Å²) in [6, 6.07) is 13.3. The molecule has 2 aromatic rings. The first-order valence-electron chi connectivity index (χ1n) is 4.91. The second kappa shape index (κ2) is 4.63. The summed E-state index contributed by atoms with van der Waals surface area (Å²) in [4.78, 5) is 0. The van der Waals surface area contributed by atoms with E-state index in [1.807, 2.05) is 36.4 Å². The lowest BCUT2D eigenvalue weighted by atomic mass is 10.1. The first-order chi connectivity index (χ1) is 7.68. The zero-order chi connectivity index (χ0) is 11.5. The van der Waals surface area contributed by atoms with Crippen LogP contribution >= 0.6 is 0 Å². The number of rotatable bonds is 3. The molecule has 2 aromatic carbocycles. The van der Waals surface area contributed by atoms with Crippen molar-refractivity contribution in [2.45, 2.75) is 12.4 Å². The summed E-state index contributed by atoms with van der Waals surface area (Å²) in [5, 5.41) is 1.95. The van der Waals surface area contributed by atoms with Crippen molar-refractivity contribution in [3.05, 3.63) is 42.5 Å². The van der Waals surface area contributed by atoms with Crippen molar-refractivity contribution in [1.82, 2.24) is 0 Å². The van der Waals surface area contributed by atoms with Gasteiger partial charge in [0.25, 0.3) is 0 Å². The Hall–Kier alpha value is -1.39. The Labute approximate surface area is 96.3 Å². The van der Waals surface area contributed by atoms with Gasteiger partial charge >= 0.3 is 0 Å². The van der Waals surface area contributed by atoms with E-state index >= 15 is 0 Å². The van der Waals surface area contributed by atoms with Crippen molar-refractivity contribution in [3.63, 3.8) is 0 Å². The lowest BCUT2D eigenvalue weighted by Gasteiger charge is -2.18. The fourth-order valence-corrected chi connectivity index (χ4v) is 1.70. The van der Waals surface area contributed by atoms with Gasteiger partial charge in [0.05, 0.1) is 0 Å². The highest BCUT2D eigenvalue weighted by Gasteiger charge is 2.06. The minimum absolute atomic E-state index is 0.592. The molecular weight excluding hydrogens is 224 g/mol. The average molecular weight is 235 g/mol. The Balaban J connectivity index is 2.41. The summed E-state index contributed by atoms with van der Waals surface area (Å²) in [5.41, 5.74) is -0.842. The third kappa shape index (κ3) is 2.23. The molecule has 4 heteroatoms. The van der Waals surface area contributed by atoms with Crippen molar-refractivity contribution in [3.8, 4) is 5.75 Å². The lowest BCUT2D eigenvalue weighted by molar-refractivity contribution is 0.290. The Morgan fingerprint density at radius 1 is 1.19 bits per heavy atom. The van der Waals surface area contributed by atoms with Gasteiger partial charge < -0.3 is 9.29 Å². The molecule has 0 spiro atoms. The summed E-state index contributed by atoms with van der Waals surface area (Å²) in [7, 11) is 0. The van der Waals surface area contributed by atoms with Crippen LogP contribution in [0.5, 0.6) is 5.75 Å². The van der Waals surface area contributed by atoms with Crippen LogP contribution in [0.25, 0.3) is 10.8 Å². The molecular formula is C12H11O3S-. The molecule has 3 nitrogen and oxygen atoms in total. The Morgan fingerprint density at radius 2 is 1.88 bits per heavy atom. The third-order valence-corrected chi connectivity index (χ3v) is 2.95. The number of ether oxygens (including phenoxy) is 1. The Bertz CT molecular complexity index is 519. The molecule has 2 unspecified atom stereocenters. The highest BCUT2D eigenvalue weighted by molar-refractivity contribution is 7.79. The second-order valence-electron chi connectivity index (χ2n) is 3.42. The van der Waals surface area contributed by atoms with E-state index in [9.17, 15) is 8.76 Å². The predicted octanol–water partition coefficient (Wildman–Crippen LogP) is 2.44. The second-order valence-corrected chi connectivity index (χ2v) is 4.61. The van der Waals surface area contributed by atoms with E-state index in [-0.39, 0.29) is 0 Å². The van der Waals surface area contributed by atoms with Gasteiger partial charge in [0, 0.05) is 5.39 Å². The molecule has 0 aliphatic rings. The first-order valence-corrected chi connectivity index (χ1v) is 6.05. The fourth-order valence-electron chi connectivity index (χ4n) is 1.52. The summed E-state index contributed by atoms with van der Waals surface area (Å²) in [5.74, 6) is 0.592. The first kappa shape index (κ1) is 11.1. The van der Waals surface area contributed by atoms with Crippen LogP contribution in [0, 0.1) is 0 Å². The quantitative estimate of drug-likeness (QED) is 0.768. The summed E-state index contributed by atoms with van der Waals surface area (Å²) in [6.45, 7) is 1.50. The molecule has 0 aromatic heterocycles. The van der Waals surface area contributed by atoms with Gasteiger partial charge in [-0.25, -0.2) is 0 Å². The van der Waals surface area contributed by atoms with Crippen molar-refractivity contribution in [2.24, 2.45) is 0 Å². The lowest BCUT2D eigenvalue weighted by Crippen LogP contribution is -2.17. The predicted molar refractivity (Wildman–Crippen MR) is 63.0 cm³/mol. The normalized spacial score (nSPS) is 14.6. The smallest absolute Gasteiger partial charge is 0.157 e. The van der Waals surface area contributed by atoms with Gasteiger partial charge in [-0.1, -0.05) is 36.4 Å². The standard InChI is InChI=1S/C12H12O3S/c1-9(16(13)14)15-12-8-4-6-10-5-2-3-7-11(10)12/h2-9H,1H3,(H,13,14)/p-1. The van der Waals surface area contributed by atoms with E-state index in [1.54, 1.807) is 6.07 Å². The number of hydrogen-bond acceptors (Lipinski definition) is 3. The van der Waals surface area contributed by atoms with Gasteiger partial charge in [0.15, 0.2) is 5.44 Å². The Morgan fingerprint density at radius 3 is 2.62 bits per heavy atom. The van der Waals surface area contributed by atoms with E-state index in [1.165, 1.54) is 6.92 Å². The molecule has 16 heavy (non-hydrogen) atoms. The van der Waals surface area contributed by atoms with Crippen LogP contribution in [0.2, 0.25) is 0 Å². The zero-order valence-electron chi connectivity index (χ0n) is 8.75. The molecule has 0 saturated carbocycles. The highest BCUT2D eigenvalue weighted by atomic mass is 32.2. The van der Waals surface area contributed by atoms with E-state index in [4.69, 9.17) is 4.74 Å². The van der Waals surface area contributed by atoms with E-state index in [0.29, 0.717) is 5.75 Å². The zero-order valence-corrected chi connectivity index (χ0v) is 9.57. The molecule has 0 amide bonds. The van der Waals surface area contributed by atoms with E-state index in [0.717, 1.165) is 10.8 Å². The van der Waals surface area contributed by atoms with Gasteiger partial charge in [-0.3, -0.25) is 4.21 Å². The van der Waals surface area contributed by atoms with Gasteiger partial charge in [-0.2, -0.15) is 0 Å². The van der Waals surface area contributed by atoms with Crippen molar-refractivity contribution >= 4 is 21.9 Å². The molecule has 0 aliphatic heterocycles. The van der Waals surface area contributed by atoms with Crippen LogP contribution in [0.3, 0.4) is 0 Å². The highest BCUT2D eigenvalue weighted by Crippen LogP contribution is 2.26. The van der Waals surface area contributed by atoms with Crippen LogP contribution in [0.15, 0.2) is 42.5 Å². The minimum atomic E-state index is -2.23. The molecule has 0 radical (unpaired) electrons. The van der Waals surface area contributed by atoms with Crippen LogP contribution in [0.4, 0.5) is 0 Å². The number of benzene rings is 2. The summed E-state index contributed by atoms with van der Waals surface area (Å²) >= 11 is -2.23. The van der Waals surface area contributed by atoms with Crippen LogP contribution < -0.4 is 4.74 Å². The van der Waals surface area contributed by atoms with Crippen LogP contribution in [0.1, 0.15) is 6.92 Å². The molecule has 2 rings (SSSR count). The molecule has 0 bridgehead atoms. The topological polar surface area (TPSA) is 49.4 Å². The Kier molecular flexibility index (Phi) is 3.22. The molecule has 0 fully saturated rings. The maximum atomic E-state index is 10.7. The SMILES string of the molecule is CC(Oc1cccc2ccccc12)S(=O)[O-]. The average Bonchev–Trinajstić information content (AvgIpc) is 2.29. The molecule has 2 atom stereocenters. The van der Waals surface area contributed by atoms with E-state index < -0.39 is 16.5 Å². The number of fused-ring (bicyclic) bond motifs is 1. The van der Waals surface area contributed by atoms with Crippen molar-refractivity contribution in [2.75, 3.05) is 0 Å². The summed E-state index contributed by atoms with van der Waals surface area (Å²) < 4.78 is 26.8. The van der Waals surface area contributed by atoms with Gasteiger partial charge in [-0.15, -0.1) is 0 Å². The molecule has 0 N–H and O–H groups in total. The largest absolute Gasteiger partial charge is 0.770 e. The molecule has 0 aliphatic carbocycles. The maximum absolute atomic E-state index is 10.7. The molecule has 84 valence electrons. The third-order valence-electron chi connectivity index (χ3n) is 2.31. The molecule has 0 saturated heterocycles. The van der Waals surface area contributed by atoms with E-state index in [2.05, 4.69) is 0 Å². The van der Waals surface area contributed by atoms with Crippen molar-refractivity contribution < 1.29 is 13.5 Å². The van der Waals surface area contributed by atoms with Crippen LogP contribution in [-0.2, 0) is 11.1 Å². The summed E-state index contributed by atoms with van der Waals surface area (Å²) in [6.07, 6.45) is 0. The van der Waals surface area contributed by atoms with Crippen LogP contribution in [-0.4, -0.2) is 14.2 Å². The monoisotopic (exact) mass is 235 g/mol. The van der Waals surface area contributed by atoms with Gasteiger partial charge in [-0.05, 0) is 29.5 Å². The maximum Gasteiger partial charge on any atom is 0.157 e. The fraction of sp³-hybridized carbons (Fsp3) is 0.167. The van der Waals surface area contributed by atoms with Gasteiger partial charge in [0.1, 0.15) is 5.75 Å².